The van der Waals surface area contributed by atoms with Crippen molar-refractivity contribution in [3.05, 3.63) is 17.0 Å². The van der Waals surface area contributed by atoms with E-state index < -0.39 is 10.0 Å². The van der Waals surface area contributed by atoms with Crippen LogP contribution in [0, 0.1) is 6.92 Å². The summed E-state index contributed by atoms with van der Waals surface area (Å²) >= 11 is 1.26. The lowest BCUT2D eigenvalue weighted by Gasteiger charge is -2.28. The van der Waals surface area contributed by atoms with Crippen molar-refractivity contribution in [1.82, 2.24) is 4.31 Å². The summed E-state index contributed by atoms with van der Waals surface area (Å²) in [5, 5.41) is 11.2. The number of nitrogens with zero attached hydrogens (tertiary/aromatic N) is 1. The minimum absolute atomic E-state index is 0.350. The molecule has 1 aliphatic heterocycles. The molecule has 2 heterocycles. The first-order valence-electron chi connectivity index (χ1n) is 5.23. The normalized spacial score (nSPS) is 20.1. The number of piperidine rings is 1. The van der Waals surface area contributed by atoms with Gasteiger partial charge in [-0.25, -0.2) is 8.42 Å². The van der Waals surface area contributed by atoms with Crippen molar-refractivity contribution in [2.24, 2.45) is 0 Å². The predicted molar refractivity (Wildman–Crippen MR) is 63.1 cm³/mol. The molecule has 0 aromatic carbocycles. The zero-order chi connectivity index (χ0) is 11.8. The lowest BCUT2D eigenvalue weighted by molar-refractivity contribution is 0.113. The zero-order valence-corrected chi connectivity index (χ0v) is 10.7. The predicted octanol–water partition coefficient (Wildman–Crippen LogP) is 1.20. The van der Waals surface area contributed by atoms with E-state index in [2.05, 4.69) is 0 Å². The Bertz CT molecular complexity index is 458. The summed E-state index contributed by atoms with van der Waals surface area (Å²) in [5.74, 6) is 0. The Kier molecular flexibility index (Phi) is 3.34. The summed E-state index contributed by atoms with van der Waals surface area (Å²) in [5.41, 5.74) is 0.973. The lowest BCUT2D eigenvalue weighted by atomic mass is 10.1. The van der Waals surface area contributed by atoms with Crippen LogP contribution in [-0.4, -0.2) is 37.0 Å². The van der Waals surface area contributed by atoms with Crippen LogP contribution in [0.1, 0.15) is 18.4 Å². The summed E-state index contributed by atoms with van der Waals surface area (Å²) < 4.78 is 26.2. The third kappa shape index (κ3) is 2.29. The third-order valence-electron chi connectivity index (χ3n) is 2.72. The van der Waals surface area contributed by atoms with Gasteiger partial charge in [-0.2, -0.15) is 4.31 Å². The highest BCUT2D eigenvalue weighted by Crippen LogP contribution is 2.25. The topological polar surface area (TPSA) is 57.6 Å². The molecule has 90 valence electrons. The molecule has 6 heteroatoms. The molecule has 0 unspecified atom stereocenters. The maximum absolute atomic E-state index is 12.2. The number of hydrogen-bond donors (Lipinski definition) is 1. The molecule has 1 N–H and O–H groups in total. The maximum atomic E-state index is 12.2. The highest BCUT2D eigenvalue weighted by atomic mass is 32.2. The molecule has 0 spiro atoms. The van der Waals surface area contributed by atoms with Gasteiger partial charge in [0.2, 0.25) is 0 Å². The molecule has 0 atom stereocenters. The molecule has 0 radical (unpaired) electrons. The SMILES string of the molecule is Cc1csc(S(=O)(=O)N2CCC(O)CC2)c1. The van der Waals surface area contributed by atoms with E-state index in [0.717, 1.165) is 5.56 Å². The first-order valence-corrected chi connectivity index (χ1v) is 7.55. The molecule has 1 saturated heterocycles. The van der Waals surface area contributed by atoms with Gasteiger partial charge in [-0.05, 0) is 36.8 Å². The fourth-order valence-electron chi connectivity index (χ4n) is 1.75. The molecule has 1 aliphatic rings. The Balaban J connectivity index is 2.20. The molecular weight excluding hydrogens is 246 g/mol. The van der Waals surface area contributed by atoms with E-state index in [4.69, 9.17) is 0 Å². The van der Waals surface area contributed by atoms with Crippen molar-refractivity contribution in [1.29, 1.82) is 0 Å². The van der Waals surface area contributed by atoms with Crippen LogP contribution in [0.4, 0.5) is 0 Å². The third-order valence-corrected chi connectivity index (χ3v) is 6.16. The number of aliphatic hydroxyl groups excluding tert-OH is 1. The number of rotatable bonds is 2. The highest BCUT2D eigenvalue weighted by Gasteiger charge is 2.29. The summed E-state index contributed by atoms with van der Waals surface area (Å²) in [6, 6.07) is 1.70. The van der Waals surface area contributed by atoms with Gasteiger partial charge in [0, 0.05) is 13.1 Å². The molecule has 4 nitrogen and oxygen atoms in total. The van der Waals surface area contributed by atoms with Crippen molar-refractivity contribution in [3.8, 4) is 0 Å². The molecule has 0 saturated carbocycles. The maximum Gasteiger partial charge on any atom is 0.252 e. The first-order chi connectivity index (χ1) is 7.50. The number of hydrogen-bond acceptors (Lipinski definition) is 4. The summed E-state index contributed by atoms with van der Waals surface area (Å²) in [6.45, 7) is 2.72. The number of aryl methyl sites for hydroxylation is 1. The van der Waals surface area contributed by atoms with Gasteiger partial charge in [-0.1, -0.05) is 0 Å². The van der Waals surface area contributed by atoms with Crippen LogP contribution in [0.5, 0.6) is 0 Å². The minimum atomic E-state index is -3.32. The second-order valence-corrected chi connectivity index (χ2v) is 7.15. The number of thiophene rings is 1. The van der Waals surface area contributed by atoms with Gasteiger partial charge in [0.05, 0.1) is 6.10 Å². The molecule has 2 rings (SSSR count). The van der Waals surface area contributed by atoms with Crippen molar-refractivity contribution in [2.45, 2.75) is 30.1 Å². The summed E-state index contributed by atoms with van der Waals surface area (Å²) in [6.07, 6.45) is 0.712. The van der Waals surface area contributed by atoms with Crippen molar-refractivity contribution >= 4 is 21.4 Å². The van der Waals surface area contributed by atoms with Gasteiger partial charge in [0.15, 0.2) is 0 Å². The standard InChI is InChI=1S/C10H15NO3S2/c1-8-6-10(15-7-8)16(13,14)11-4-2-9(12)3-5-11/h6-7,9,12H,2-5H2,1H3. The van der Waals surface area contributed by atoms with Crippen LogP contribution < -0.4 is 0 Å². The molecule has 0 aliphatic carbocycles. The van der Waals surface area contributed by atoms with Crippen molar-refractivity contribution in [3.63, 3.8) is 0 Å². The van der Waals surface area contributed by atoms with E-state index >= 15 is 0 Å². The van der Waals surface area contributed by atoms with Gasteiger partial charge < -0.3 is 5.11 Å². The monoisotopic (exact) mass is 261 g/mol. The average Bonchev–Trinajstić information content (AvgIpc) is 2.66. The molecule has 0 bridgehead atoms. The average molecular weight is 261 g/mol. The molecular formula is C10H15NO3S2. The van der Waals surface area contributed by atoms with E-state index in [9.17, 15) is 13.5 Å². The van der Waals surface area contributed by atoms with E-state index in [1.807, 2.05) is 12.3 Å². The quantitative estimate of drug-likeness (QED) is 0.870. The second kappa shape index (κ2) is 4.44. The van der Waals surface area contributed by atoms with Gasteiger partial charge in [0.1, 0.15) is 4.21 Å². The number of aliphatic hydroxyl groups is 1. The van der Waals surface area contributed by atoms with Gasteiger partial charge >= 0.3 is 0 Å². The highest BCUT2D eigenvalue weighted by molar-refractivity contribution is 7.91. The van der Waals surface area contributed by atoms with Crippen LogP contribution >= 0.6 is 11.3 Å². The Morgan fingerprint density at radius 2 is 2.06 bits per heavy atom. The Morgan fingerprint density at radius 1 is 1.44 bits per heavy atom. The van der Waals surface area contributed by atoms with Crippen LogP contribution in [0.25, 0.3) is 0 Å². The van der Waals surface area contributed by atoms with Crippen molar-refractivity contribution in [2.75, 3.05) is 13.1 Å². The fraction of sp³-hybridized carbons (Fsp3) is 0.600. The summed E-state index contributed by atoms with van der Waals surface area (Å²) in [4.78, 5) is 0. The zero-order valence-electron chi connectivity index (χ0n) is 9.09. The Labute approximate surface area is 99.6 Å². The molecule has 0 amide bonds. The van der Waals surface area contributed by atoms with Crippen molar-refractivity contribution < 1.29 is 13.5 Å². The largest absolute Gasteiger partial charge is 0.393 e. The van der Waals surface area contributed by atoms with Gasteiger partial charge in [-0.3, -0.25) is 0 Å². The molecule has 1 fully saturated rings. The van der Waals surface area contributed by atoms with Crippen LogP contribution in [-0.2, 0) is 10.0 Å². The first kappa shape index (κ1) is 12.0. The van der Waals surface area contributed by atoms with Gasteiger partial charge in [0.25, 0.3) is 10.0 Å². The molecule has 16 heavy (non-hydrogen) atoms. The fourth-order valence-corrected chi connectivity index (χ4v) is 4.60. The molecule has 1 aromatic heterocycles. The van der Waals surface area contributed by atoms with Crippen LogP contribution in [0.15, 0.2) is 15.7 Å². The van der Waals surface area contributed by atoms with E-state index in [1.165, 1.54) is 15.6 Å². The van der Waals surface area contributed by atoms with E-state index in [1.54, 1.807) is 6.07 Å². The van der Waals surface area contributed by atoms with E-state index in [0.29, 0.717) is 30.1 Å². The van der Waals surface area contributed by atoms with Gasteiger partial charge in [-0.15, -0.1) is 11.3 Å². The Morgan fingerprint density at radius 3 is 2.56 bits per heavy atom. The Hall–Kier alpha value is -0.430. The smallest absolute Gasteiger partial charge is 0.252 e. The number of sulfonamides is 1. The minimum Gasteiger partial charge on any atom is -0.393 e. The summed E-state index contributed by atoms with van der Waals surface area (Å²) in [7, 11) is -3.32. The van der Waals surface area contributed by atoms with Crippen LogP contribution in [0.3, 0.4) is 0 Å². The molecule has 1 aromatic rings. The van der Waals surface area contributed by atoms with E-state index in [-0.39, 0.29) is 6.10 Å². The second-order valence-electron chi connectivity index (χ2n) is 4.08. The van der Waals surface area contributed by atoms with Crippen LogP contribution in [0.2, 0.25) is 0 Å². The lowest BCUT2D eigenvalue weighted by Crippen LogP contribution is -2.39.